The van der Waals surface area contributed by atoms with E-state index >= 15 is 0 Å². The second kappa shape index (κ2) is 8.21. The zero-order valence-corrected chi connectivity index (χ0v) is 17.8. The number of aryl methyl sites for hydroxylation is 3. The smallest absolute Gasteiger partial charge is 0.263 e. The predicted octanol–water partition coefficient (Wildman–Crippen LogP) is 5.45. The first kappa shape index (κ1) is 19.4. The van der Waals surface area contributed by atoms with Gasteiger partial charge in [-0.25, -0.2) is 4.98 Å². The van der Waals surface area contributed by atoms with Crippen molar-refractivity contribution in [3.63, 3.8) is 0 Å². The van der Waals surface area contributed by atoms with Crippen LogP contribution in [0.3, 0.4) is 0 Å². The summed E-state index contributed by atoms with van der Waals surface area (Å²) < 4.78 is 2.16. The Bertz CT molecular complexity index is 1120. The van der Waals surface area contributed by atoms with E-state index in [2.05, 4.69) is 72.0 Å². The van der Waals surface area contributed by atoms with E-state index in [1.54, 1.807) is 6.20 Å². The minimum atomic E-state index is -0.0314. The van der Waals surface area contributed by atoms with Crippen molar-refractivity contribution in [2.75, 3.05) is 0 Å². The molecule has 0 saturated carbocycles. The summed E-state index contributed by atoms with van der Waals surface area (Å²) in [5.41, 5.74) is 4.44. The largest absolute Gasteiger partial charge is 0.349 e. The first-order valence-electron chi connectivity index (χ1n) is 9.92. The number of nitrogens with zero attached hydrogens (tertiary/aromatic N) is 2. The van der Waals surface area contributed by atoms with Crippen LogP contribution < -0.4 is 5.32 Å². The third-order valence-corrected chi connectivity index (χ3v) is 6.33. The molecule has 0 spiro atoms. The van der Waals surface area contributed by atoms with Crippen molar-refractivity contribution in [1.29, 1.82) is 0 Å². The Balaban J connectivity index is 1.61. The van der Waals surface area contributed by atoms with Gasteiger partial charge in [0.15, 0.2) is 0 Å². The zero-order chi connectivity index (χ0) is 20.4. The van der Waals surface area contributed by atoms with E-state index in [9.17, 15) is 4.79 Å². The zero-order valence-electron chi connectivity index (χ0n) is 17.0. The minimum absolute atomic E-state index is 0.0314. The number of carbonyl (C=O) groups is 1. The van der Waals surface area contributed by atoms with Gasteiger partial charge in [-0.3, -0.25) is 4.79 Å². The van der Waals surface area contributed by atoms with Crippen LogP contribution >= 0.6 is 11.3 Å². The van der Waals surface area contributed by atoms with Gasteiger partial charge in [0.2, 0.25) is 0 Å². The highest BCUT2D eigenvalue weighted by molar-refractivity contribution is 7.21. The molecule has 4 aromatic rings. The Morgan fingerprint density at radius 3 is 2.52 bits per heavy atom. The topological polar surface area (TPSA) is 46.9 Å². The molecule has 0 radical (unpaired) electrons. The van der Waals surface area contributed by atoms with Gasteiger partial charge in [-0.1, -0.05) is 30.3 Å². The van der Waals surface area contributed by atoms with Gasteiger partial charge in [0.05, 0.1) is 5.69 Å². The van der Waals surface area contributed by atoms with Crippen LogP contribution in [0, 0.1) is 13.8 Å². The van der Waals surface area contributed by atoms with Crippen molar-refractivity contribution < 1.29 is 4.79 Å². The molecule has 0 fully saturated rings. The van der Waals surface area contributed by atoms with Crippen LogP contribution in [0.15, 0.2) is 60.8 Å². The monoisotopic (exact) mass is 403 g/mol. The van der Waals surface area contributed by atoms with Crippen molar-refractivity contribution in [3.05, 3.63) is 82.6 Å². The molecule has 0 aliphatic carbocycles. The van der Waals surface area contributed by atoms with E-state index < -0.39 is 0 Å². The number of pyridine rings is 1. The van der Waals surface area contributed by atoms with E-state index in [0.29, 0.717) is 4.88 Å². The van der Waals surface area contributed by atoms with Crippen LogP contribution in [0.1, 0.15) is 40.0 Å². The summed E-state index contributed by atoms with van der Waals surface area (Å²) in [7, 11) is 0. The number of fused-ring (bicyclic) bond motifs is 1. The summed E-state index contributed by atoms with van der Waals surface area (Å²) in [5, 5.41) is 4.21. The first-order valence-corrected chi connectivity index (χ1v) is 10.7. The van der Waals surface area contributed by atoms with Gasteiger partial charge in [0, 0.05) is 29.0 Å². The summed E-state index contributed by atoms with van der Waals surface area (Å²) in [5.74, 6) is -0.0314. The summed E-state index contributed by atoms with van der Waals surface area (Å²) in [6.07, 6.45) is 3.62. The summed E-state index contributed by atoms with van der Waals surface area (Å²) in [4.78, 5) is 19.3. The molecule has 4 rings (SSSR count). The number of amides is 1. The number of thiophene rings is 1. The fourth-order valence-corrected chi connectivity index (χ4v) is 4.74. The van der Waals surface area contributed by atoms with Gasteiger partial charge in [-0.15, -0.1) is 11.3 Å². The summed E-state index contributed by atoms with van der Waals surface area (Å²) in [6, 6.07) is 18.6. The van der Waals surface area contributed by atoms with Crippen molar-refractivity contribution in [3.8, 4) is 5.69 Å². The molecule has 29 heavy (non-hydrogen) atoms. The first-order chi connectivity index (χ1) is 14.0. The van der Waals surface area contributed by atoms with E-state index in [1.807, 2.05) is 18.2 Å². The van der Waals surface area contributed by atoms with Gasteiger partial charge >= 0.3 is 0 Å². The van der Waals surface area contributed by atoms with Gasteiger partial charge < -0.3 is 9.88 Å². The Morgan fingerprint density at radius 1 is 1.07 bits per heavy atom. The second-order valence-electron chi connectivity index (χ2n) is 7.49. The van der Waals surface area contributed by atoms with Crippen LogP contribution in [0.25, 0.3) is 15.9 Å². The van der Waals surface area contributed by atoms with Crippen molar-refractivity contribution in [2.24, 2.45) is 0 Å². The normalized spacial score (nSPS) is 12.2. The van der Waals surface area contributed by atoms with Gasteiger partial charge in [-0.2, -0.15) is 0 Å². The molecule has 1 atom stereocenters. The lowest BCUT2D eigenvalue weighted by Crippen LogP contribution is -2.33. The Morgan fingerprint density at radius 2 is 1.79 bits per heavy atom. The molecule has 0 unspecified atom stereocenters. The average molecular weight is 404 g/mol. The minimum Gasteiger partial charge on any atom is -0.349 e. The quantitative estimate of drug-likeness (QED) is 0.465. The fourth-order valence-electron chi connectivity index (χ4n) is 3.71. The van der Waals surface area contributed by atoms with Crippen molar-refractivity contribution in [1.82, 2.24) is 14.9 Å². The van der Waals surface area contributed by atoms with Crippen LogP contribution in [0.4, 0.5) is 0 Å². The molecule has 0 bridgehead atoms. The molecule has 0 aliphatic rings. The maximum Gasteiger partial charge on any atom is 0.263 e. The molecule has 148 valence electrons. The average Bonchev–Trinajstić information content (AvgIpc) is 3.26. The van der Waals surface area contributed by atoms with Gasteiger partial charge in [-0.05, 0) is 63.4 Å². The molecule has 3 aromatic heterocycles. The molecule has 3 heterocycles. The number of rotatable bonds is 6. The lowest BCUT2D eigenvalue weighted by Gasteiger charge is -2.15. The molecule has 0 aliphatic heterocycles. The SMILES string of the molecule is Cc1ccc(C)n1-c1c(C(=O)N[C@@H](C)CCc2ccccc2)sc2ncccc12. The number of nitrogens with one attached hydrogen (secondary N) is 1. The number of aromatic nitrogens is 2. The van der Waals surface area contributed by atoms with Gasteiger partial charge in [0.1, 0.15) is 9.71 Å². The molecule has 1 amide bonds. The Hall–Kier alpha value is -2.92. The summed E-state index contributed by atoms with van der Waals surface area (Å²) >= 11 is 1.46. The van der Waals surface area contributed by atoms with Crippen molar-refractivity contribution in [2.45, 2.75) is 39.7 Å². The second-order valence-corrected chi connectivity index (χ2v) is 8.49. The van der Waals surface area contributed by atoms with E-state index in [0.717, 1.165) is 40.1 Å². The highest BCUT2D eigenvalue weighted by Crippen LogP contribution is 2.35. The molecular weight excluding hydrogens is 378 g/mol. The number of hydrogen-bond acceptors (Lipinski definition) is 3. The molecule has 1 aromatic carbocycles. The number of hydrogen-bond donors (Lipinski definition) is 1. The van der Waals surface area contributed by atoms with E-state index in [-0.39, 0.29) is 11.9 Å². The van der Waals surface area contributed by atoms with Crippen LogP contribution in [0.5, 0.6) is 0 Å². The predicted molar refractivity (Wildman–Crippen MR) is 120 cm³/mol. The van der Waals surface area contributed by atoms with Crippen LogP contribution in [-0.2, 0) is 6.42 Å². The third kappa shape index (κ3) is 3.96. The lowest BCUT2D eigenvalue weighted by molar-refractivity contribution is 0.0942. The van der Waals surface area contributed by atoms with Crippen molar-refractivity contribution >= 4 is 27.5 Å². The number of carbonyl (C=O) groups excluding carboxylic acids is 1. The lowest BCUT2D eigenvalue weighted by atomic mass is 10.1. The molecule has 4 nitrogen and oxygen atoms in total. The number of benzene rings is 1. The van der Waals surface area contributed by atoms with Crippen LogP contribution in [-0.4, -0.2) is 21.5 Å². The third-order valence-electron chi connectivity index (χ3n) is 5.23. The molecular formula is C24H25N3OS. The molecule has 0 saturated heterocycles. The Labute approximate surface area is 175 Å². The maximum absolute atomic E-state index is 13.2. The van der Waals surface area contributed by atoms with Crippen LogP contribution in [0.2, 0.25) is 0 Å². The highest BCUT2D eigenvalue weighted by atomic mass is 32.1. The van der Waals surface area contributed by atoms with E-state index in [1.165, 1.54) is 16.9 Å². The highest BCUT2D eigenvalue weighted by Gasteiger charge is 2.23. The standard InChI is InChI=1S/C24H25N3OS/c1-16(11-14-19-8-5-4-6-9-19)26-23(28)22-21(27-17(2)12-13-18(27)3)20-10-7-15-25-24(20)29-22/h4-10,12-13,15-16H,11,14H2,1-3H3,(H,26,28)/t16-/m0/s1. The molecule has 1 N–H and O–H groups in total. The molecule has 5 heteroatoms. The van der Waals surface area contributed by atoms with E-state index in [4.69, 9.17) is 0 Å². The fraction of sp³-hybridized carbons (Fsp3) is 0.250. The van der Waals surface area contributed by atoms with Gasteiger partial charge in [0.25, 0.3) is 5.91 Å². The Kier molecular flexibility index (Phi) is 5.49. The summed E-state index contributed by atoms with van der Waals surface area (Å²) in [6.45, 7) is 6.20. The maximum atomic E-state index is 13.2.